The third kappa shape index (κ3) is 1.04. The topological polar surface area (TPSA) is 0 Å². The van der Waals surface area contributed by atoms with Gasteiger partial charge in [0, 0.05) is 0 Å². The molecule has 0 aromatic rings. The van der Waals surface area contributed by atoms with Crippen LogP contribution in [0.15, 0.2) is 0 Å². The summed E-state index contributed by atoms with van der Waals surface area (Å²) in [6, 6.07) is 0. The lowest BCUT2D eigenvalue weighted by Crippen LogP contribution is -2.00. The molecule has 0 aromatic heterocycles. The molecule has 1 saturated carbocycles. The van der Waals surface area contributed by atoms with E-state index in [0.717, 1.165) is 11.8 Å². The minimum Gasteiger partial charge on any atom is -0.0651 e. The van der Waals surface area contributed by atoms with E-state index in [2.05, 4.69) is 13.8 Å². The van der Waals surface area contributed by atoms with Crippen LogP contribution in [0.4, 0.5) is 0 Å². The summed E-state index contributed by atoms with van der Waals surface area (Å²) in [4.78, 5) is 0. The van der Waals surface area contributed by atoms with Gasteiger partial charge in [0.05, 0.1) is 0 Å². The largest absolute Gasteiger partial charge is 0.0651 e. The Morgan fingerprint density at radius 2 is 2.12 bits per heavy atom. The average molecular weight is 112 g/mol. The summed E-state index contributed by atoms with van der Waals surface area (Å²) in [7, 11) is 0. The summed E-state index contributed by atoms with van der Waals surface area (Å²) in [6.45, 7) is 4.70. The van der Waals surface area contributed by atoms with E-state index in [4.69, 9.17) is 0 Å². The van der Waals surface area contributed by atoms with E-state index in [1.54, 1.807) is 0 Å². The Balaban J connectivity index is 2.30. The molecule has 0 aromatic carbocycles. The molecule has 2 atom stereocenters. The molecule has 0 heterocycles. The lowest BCUT2D eigenvalue weighted by atomic mass is 9.96. The molecule has 1 fully saturated rings. The summed E-state index contributed by atoms with van der Waals surface area (Å²) in [5.41, 5.74) is 0. The Kier molecular flexibility index (Phi) is 1.93. The van der Waals surface area contributed by atoms with Crippen molar-refractivity contribution in [2.45, 2.75) is 39.5 Å². The van der Waals surface area contributed by atoms with Crippen molar-refractivity contribution in [1.29, 1.82) is 0 Å². The summed E-state index contributed by atoms with van der Waals surface area (Å²) in [5.74, 6) is 2.09. The Labute approximate surface area is 52.3 Å². The van der Waals surface area contributed by atoms with Gasteiger partial charge in [0.15, 0.2) is 0 Å². The molecule has 1 aliphatic carbocycles. The smallest absolute Gasteiger partial charge is 0.0391 e. The molecule has 1 rings (SSSR count). The van der Waals surface area contributed by atoms with Crippen LogP contribution in [0.3, 0.4) is 0 Å². The molecule has 0 spiro atoms. The maximum atomic E-state index is 2.39. The van der Waals surface area contributed by atoms with Crippen molar-refractivity contribution in [1.82, 2.24) is 0 Å². The first-order chi connectivity index (χ1) is 3.84. The molecule has 1 aliphatic rings. The molecule has 0 saturated heterocycles. The van der Waals surface area contributed by atoms with Crippen molar-refractivity contribution in [2.24, 2.45) is 11.8 Å². The fourth-order valence-corrected chi connectivity index (χ4v) is 1.83. The van der Waals surface area contributed by atoms with Crippen LogP contribution in [0.25, 0.3) is 0 Å². The summed E-state index contributed by atoms with van der Waals surface area (Å²) < 4.78 is 0. The monoisotopic (exact) mass is 112 g/mol. The van der Waals surface area contributed by atoms with E-state index in [-0.39, 0.29) is 0 Å². The lowest BCUT2D eigenvalue weighted by Gasteiger charge is -2.10. The van der Waals surface area contributed by atoms with Crippen molar-refractivity contribution >= 4 is 0 Å². The van der Waals surface area contributed by atoms with Crippen LogP contribution in [0.1, 0.15) is 39.5 Å². The third-order valence-corrected chi connectivity index (χ3v) is 2.56. The molecule has 0 aliphatic heterocycles. The highest BCUT2D eigenvalue weighted by Gasteiger charge is 2.20. The highest BCUT2D eigenvalue weighted by atomic mass is 14.3. The van der Waals surface area contributed by atoms with Crippen molar-refractivity contribution < 1.29 is 0 Å². The van der Waals surface area contributed by atoms with Crippen molar-refractivity contribution in [3.63, 3.8) is 0 Å². The van der Waals surface area contributed by atoms with Crippen LogP contribution < -0.4 is 0 Å². The zero-order valence-electron chi connectivity index (χ0n) is 5.98. The molecule has 0 heteroatoms. The van der Waals surface area contributed by atoms with Crippen molar-refractivity contribution in [2.75, 3.05) is 0 Å². The lowest BCUT2D eigenvalue weighted by molar-refractivity contribution is 0.407. The minimum atomic E-state index is 1.03. The second kappa shape index (κ2) is 2.52. The van der Waals surface area contributed by atoms with Gasteiger partial charge >= 0.3 is 0 Å². The Hall–Kier alpha value is 0. The van der Waals surface area contributed by atoms with Crippen LogP contribution >= 0.6 is 0 Å². The summed E-state index contributed by atoms with van der Waals surface area (Å²) >= 11 is 0. The number of rotatable bonds is 1. The number of hydrogen-bond donors (Lipinski definition) is 0. The van der Waals surface area contributed by atoms with Crippen LogP contribution in [-0.2, 0) is 0 Å². The Morgan fingerprint density at radius 3 is 2.38 bits per heavy atom. The van der Waals surface area contributed by atoms with Gasteiger partial charge in [-0.15, -0.1) is 0 Å². The fraction of sp³-hybridized carbons (Fsp3) is 1.00. The van der Waals surface area contributed by atoms with Gasteiger partial charge in [-0.05, 0) is 11.8 Å². The predicted molar refractivity (Wildman–Crippen MR) is 36.8 cm³/mol. The molecular weight excluding hydrogens is 96.1 g/mol. The maximum absolute atomic E-state index is 2.39. The third-order valence-electron chi connectivity index (χ3n) is 2.56. The van der Waals surface area contributed by atoms with Crippen molar-refractivity contribution in [3.05, 3.63) is 0 Å². The van der Waals surface area contributed by atoms with E-state index in [1.165, 1.54) is 25.7 Å². The molecule has 0 nitrogen and oxygen atoms in total. The molecule has 8 heavy (non-hydrogen) atoms. The van der Waals surface area contributed by atoms with Crippen LogP contribution in [0.2, 0.25) is 0 Å². The van der Waals surface area contributed by atoms with E-state index >= 15 is 0 Å². The van der Waals surface area contributed by atoms with Crippen LogP contribution in [-0.4, -0.2) is 0 Å². The average Bonchev–Trinajstić information content (AvgIpc) is 2.14. The van der Waals surface area contributed by atoms with Gasteiger partial charge in [0.25, 0.3) is 0 Å². The quantitative estimate of drug-likeness (QED) is 0.489. The molecule has 48 valence electrons. The molecular formula is C8H16. The first-order valence-corrected chi connectivity index (χ1v) is 3.84. The van der Waals surface area contributed by atoms with Crippen molar-refractivity contribution in [3.8, 4) is 0 Å². The highest BCUT2D eigenvalue weighted by Crippen LogP contribution is 2.32. The zero-order valence-corrected chi connectivity index (χ0v) is 5.98. The van der Waals surface area contributed by atoms with E-state index in [1.807, 2.05) is 0 Å². The molecule has 0 amide bonds. The van der Waals surface area contributed by atoms with Gasteiger partial charge in [-0.1, -0.05) is 39.5 Å². The van der Waals surface area contributed by atoms with Gasteiger partial charge in [-0.2, -0.15) is 0 Å². The molecule has 0 radical (unpaired) electrons. The zero-order chi connectivity index (χ0) is 5.98. The first kappa shape index (κ1) is 6.12. The van der Waals surface area contributed by atoms with Crippen LogP contribution in [0.5, 0.6) is 0 Å². The summed E-state index contributed by atoms with van der Waals surface area (Å²) in [6.07, 6.45) is 5.87. The van der Waals surface area contributed by atoms with Gasteiger partial charge in [0.2, 0.25) is 0 Å². The molecule has 0 unspecified atom stereocenters. The minimum absolute atomic E-state index is 1.03. The molecule has 0 bridgehead atoms. The van der Waals surface area contributed by atoms with Gasteiger partial charge in [0.1, 0.15) is 0 Å². The van der Waals surface area contributed by atoms with Crippen LogP contribution in [0, 0.1) is 11.8 Å². The van der Waals surface area contributed by atoms with E-state index < -0.39 is 0 Å². The predicted octanol–water partition coefficient (Wildman–Crippen LogP) is 2.83. The van der Waals surface area contributed by atoms with Gasteiger partial charge in [-0.25, -0.2) is 0 Å². The van der Waals surface area contributed by atoms with E-state index in [0.29, 0.717) is 0 Å². The standard InChI is InChI=1S/C8H16/c1-3-8-6-4-5-7(8)2/h7-8H,3-6H2,1-2H3/t7-,8+/m0/s1. The Morgan fingerprint density at radius 1 is 1.38 bits per heavy atom. The summed E-state index contributed by atoms with van der Waals surface area (Å²) in [5, 5.41) is 0. The normalized spacial score (nSPS) is 38.2. The van der Waals surface area contributed by atoms with Gasteiger partial charge < -0.3 is 0 Å². The van der Waals surface area contributed by atoms with Gasteiger partial charge in [-0.3, -0.25) is 0 Å². The highest BCUT2D eigenvalue weighted by molar-refractivity contribution is 4.72. The second-order valence-corrected chi connectivity index (χ2v) is 3.08. The fourth-order valence-electron chi connectivity index (χ4n) is 1.83. The molecule has 0 N–H and O–H groups in total. The maximum Gasteiger partial charge on any atom is -0.0391 e. The second-order valence-electron chi connectivity index (χ2n) is 3.08. The SMILES string of the molecule is CC[C@@H]1CCC[C@@H]1C. The first-order valence-electron chi connectivity index (χ1n) is 3.84. The van der Waals surface area contributed by atoms with E-state index in [9.17, 15) is 0 Å². The Bertz CT molecular complexity index is 66.4. The number of hydrogen-bond acceptors (Lipinski definition) is 0.